The molecule has 3 rings (SSSR count). The van der Waals surface area contributed by atoms with Crippen LogP contribution in [0.15, 0.2) is 16.6 Å². The molecule has 1 aliphatic rings. The number of benzene rings is 1. The van der Waals surface area contributed by atoms with Gasteiger partial charge < -0.3 is 9.30 Å². The van der Waals surface area contributed by atoms with Crippen molar-refractivity contribution in [2.45, 2.75) is 25.8 Å². The van der Waals surface area contributed by atoms with Crippen LogP contribution in [0.4, 0.5) is 4.39 Å². The van der Waals surface area contributed by atoms with Crippen molar-refractivity contribution in [3.05, 3.63) is 28.2 Å². The van der Waals surface area contributed by atoms with Gasteiger partial charge in [0.25, 0.3) is 0 Å². The van der Waals surface area contributed by atoms with Crippen molar-refractivity contribution in [3.8, 4) is 0 Å². The number of fused-ring (bicyclic) bond motifs is 1. The molecule has 0 aliphatic carbocycles. The number of nitrogens with zero attached hydrogens (tertiary/aromatic N) is 2. The molecule has 1 aromatic carbocycles. The van der Waals surface area contributed by atoms with Gasteiger partial charge in [0, 0.05) is 36.9 Å². The normalized spacial score (nSPS) is 20.3. The van der Waals surface area contributed by atoms with Gasteiger partial charge in [0.1, 0.15) is 11.6 Å². The van der Waals surface area contributed by atoms with Gasteiger partial charge in [-0.05, 0) is 35.3 Å². The Balaban J connectivity index is 2.12. The van der Waals surface area contributed by atoms with Gasteiger partial charge in [-0.3, -0.25) is 0 Å². The lowest BCUT2D eigenvalue weighted by molar-refractivity contribution is 0.175. The number of alkyl halides is 1. The number of hydrogen-bond donors (Lipinski definition) is 0. The fourth-order valence-electron chi connectivity index (χ4n) is 3.00. The van der Waals surface area contributed by atoms with Crippen molar-refractivity contribution in [1.82, 2.24) is 9.55 Å². The maximum Gasteiger partial charge on any atom is 0.139 e. The molecule has 2 atom stereocenters. The Kier molecular flexibility index (Phi) is 4.52. The number of aromatic nitrogens is 2. The Morgan fingerprint density at radius 3 is 3.05 bits per heavy atom. The molecular formula is C15H17BrClFN2O. The van der Waals surface area contributed by atoms with E-state index in [9.17, 15) is 4.39 Å². The molecular weight excluding hydrogens is 359 g/mol. The minimum Gasteiger partial charge on any atom is -0.381 e. The third kappa shape index (κ3) is 2.83. The number of hydrogen-bond acceptors (Lipinski definition) is 2. The van der Waals surface area contributed by atoms with Crippen LogP contribution in [0, 0.1) is 11.7 Å². The summed E-state index contributed by atoms with van der Waals surface area (Å²) >= 11 is 9.12. The highest BCUT2D eigenvalue weighted by atomic mass is 79.9. The average Bonchev–Trinajstić information content (AvgIpc) is 3.07. The molecule has 6 heteroatoms. The standard InChI is InChI=1S/C15H17BrClFN2O/c1-9(10-3-5-21-8-10)20-14-7-12(18)11(16)6-13(14)19-15(20)2-4-17/h6-7,9-10H,2-5,8H2,1H3. The summed E-state index contributed by atoms with van der Waals surface area (Å²) in [4.78, 5) is 4.64. The molecule has 21 heavy (non-hydrogen) atoms. The van der Waals surface area contributed by atoms with Crippen LogP contribution in [-0.4, -0.2) is 28.6 Å². The average molecular weight is 376 g/mol. The van der Waals surface area contributed by atoms with Crippen LogP contribution in [0.2, 0.25) is 0 Å². The largest absolute Gasteiger partial charge is 0.381 e. The van der Waals surface area contributed by atoms with Gasteiger partial charge >= 0.3 is 0 Å². The van der Waals surface area contributed by atoms with Crippen molar-refractivity contribution >= 4 is 38.6 Å². The fourth-order valence-corrected chi connectivity index (χ4v) is 3.50. The van der Waals surface area contributed by atoms with Crippen molar-refractivity contribution in [3.63, 3.8) is 0 Å². The lowest BCUT2D eigenvalue weighted by atomic mass is 10.00. The molecule has 3 nitrogen and oxygen atoms in total. The number of ether oxygens (including phenoxy) is 1. The molecule has 0 radical (unpaired) electrons. The first kappa shape index (κ1) is 15.3. The topological polar surface area (TPSA) is 27.1 Å². The van der Waals surface area contributed by atoms with Crippen LogP contribution in [0.25, 0.3) is 11.0 Å². The fraction of sp³-hybridized carbons (Fsp3) is 0.533. The summed E-state index contributed by atoms with van der Waals surface area (Å²) in [5.41, 5.74) is 1.63. The van der Waals surface area contributed by atoms with E-state index in [-0.39, 0.29) is 11.9 Å². The van der Waals surface area contributed by atoms with Crippen LogP contribution >= 0.6 is 27.5 Å². The van der Waals surface area contributed by atoms with Crippen LogP contribution in [0.5, 0.6) is 0 Å². The second kappa shape index (κ2) is 6.23. The van der Waals surface area contributed by atoms with E-state index >= 15 is 0 Å². The molecule has 0 spiro atoms. The third-order valence-corrected chi connectivity index (χ3v) is 4.97. The van der Waals surface area contributed by atoms with Crippen LogP contribution in [0.3, 0.4) is 0 Å². The maximum absolute atomic E-state index is 13.9. The van der Waals surface area contributed by atoms with Crippen molar-refractivity contribution in [1.29, 1.82) is 0 Å². The van der Waals surface area contributed by atoms with Crippen molar-refractivity contribution < 1.29 is 9.13 Å². The molecule has 0 saturated carbocycles. The molecule has 2 heterocycles. The van der Waals surface area contributed by atoms with Gasteiger partial charge in [0.05, 0.1) is 22.1 Å². The Morgan fingerprint density at radius 2 is 2.38 bits per heavy atom. The van der Waals surface area contributed by atoms with E-state index in [0.717, 1.165) is 36.5 Å². The summed E-state index contributed by atoms with van der Waals surface area (Å²) in [6.07, 6.45) is 1.70. The first-order valence-corrected chi connectivity index (χ1v) is 8.44. The van der Waals surface area contributed by atoms with Gasteiger partial charge in [-0.2, -0.15) is 0 Å². The number of aryl methyl sites for hydroxylation is 1. The lowest BCUT2D eigenvalue weighted by Gasteiger charge is -2.22. The summed E-state index contributed by atoms with van der Waals surface area (Å²) in [6.45, 7) is 3.70. The highest BCUT2D eigenvalue weighted by Gasteiger charge is 2.27. The molecule has 1 aromatic heterocycles. The summed E-state index contributed by atoms with van der Waals surface area (Å²) in [6, 6.07) is 3.50. The Bertz CT molecular complexity index is 655. The van der Waals surface area contributed by atoms with E-state index in [1.165, 1.54) is 0 Å². The molecule has 0 amide bonds. The van der Waals surface area contributed by atoms with E-state index in [4.69, 9.17) is 16.3 Å². The Hall–Kier alpha value is -0.650. The summed E-state index contributed by atoms with van der Waals surface area (Å²) < 4.78 is 22.0. The number of imidazole rings is 1. The summed E-state index contributed by atoms with van der Waals surface area (Å²) in [7, 11) is 0. The highest BCUT2D eigenvalue weighted by Crippen LogP contribution is 2.32. The Morgan fingerprint density at radius 1 is 1.57 bits per heavy atom. The zero-order valence-corrected chi connectivity index (χ0v) is 14.1. The molecule has 1 fully saturated rings. The van der Waals surface area contributed by atoms with E-state index < -0.39 is 0 Å². The van der Waals surface area contributed by atoms with Crippen molar-refractivity contribution in [2.75, 3.05) is 19.1 Å². The quantitative estimate of drug-likeness (QED) is 0.744. The number of halogens is 3. The molecule has 114 valence electrons. The molecule has 2 aromatic rings. The summed E-state index contributed by atoms with van der Waals surface area (Å²) in [5, 5.41) is 0. The second-order valence-corrected chi connectivity index (χ2v) is 6.69. The third-order valence-electron chi connectivity index (χ3n) is 4.18. The second-order valence-electron chi connectivity index (χ2n) is 5.46. The van der Waals surface area contributed by atoms with Crippen LogP contribution in [0.1, 0.15) is 25.2 Å². The van der Waals surface area contributed by atoms with E-state index in [1.807, 2.05) is 0 Å². The zero-order chi connectivity index (χ0) is 15.0. The van der Waals surface area contributed by atoms with Crippen molar-refractivity contribution in [2.24, 2.45) is 5.92 Å². The first-order valence-electron chi connectivity index (χ1n) is 7.11. The van der Waals surface area contributed by atoms with Gasteiger partial charge in [0.2, 0.25) is 0 Å². The maximum atomic E-state index is 13.9. The molecule has 0 N–H and O–H groups in total. The first-order chi connectivity index (χ1) is 10.1. The minimum atomic E-state index is -0.268. The molecule has 2 unspecified atom stereocenters. The zero-order valence-electron chi connectivity index (χ0n) is 11.8. The predicted octanol–water partition coefficient (Wildman–Crippen LogP) is 4.32. The van der Waals surface area contributed by atoms with Crippen LogP contribution in [-0.2, 0) is 11.2 Å². The minimum absolute atomic E-state index is 0.219. The lowest BCUT2D eigenvalue weighted by Crippen LogP contribution is -2.19. The van der Waals surface area contributed by atoms with E-state index in [0.29, 0.717) is 22.7 Å². The van der Waals surface area contributed by atoms with E-state index in [2.05, 4.69) is 32.4 Å². The van der Waals surface area contributed by atoms with E-state index in [1.54, 1.807) is 12.1 Å². The highest BCUT2D eigenvalue weighted by molar-refractivity contribution is 9.10. The predicted molar refractivity (Wildman–Crippen MR) is 85.5 cm³/mol. The molecule has 1 aliphatic heterocycles. The van der Waals surface area contributed by atoms with Gasteiger partial charge in [-0.1, -0.05) is 0 Å². The van der Waals surface area contributed by atoms with Gasteiger partial charge in [-0.25, -0.2) is 9.37 Å². The van der Waals surface area contributed by atoms with Gasteiger partial charge in [0.15, 0.2) is 0 Å². The number of rotatable bonds is 4. The summed E-state index contributed by atoms with van der Waals surface area (Å²) in [5.74, 6) is 1.58. The molecule has 0 bridgehead atoms. The SMILES string of the molecule is CC(C1CCOC1)n1c(CCCl)nc2cc(Br)c(F)cc21. The monoisotopic (exact) mass is 374 g/mol. The Labute approximate surface area is 136 Å². The smallest absolute Gasteiger partial charge is 0.139 e. The van der Waals surface area contributed by atoms with Crippen LogP contribution < -0.4 is 0 Å². The molecule has 1 saturated heterocycles. The van der Waals surface area contributed by atoms with Gasteiger partial charge in [-0.15, -0.1) is 11.6 Å².